The smallest absolute Gasteiger partial charge is 0.254 e. The van der Waals surface area contributed by atoms with Gasteiger partial charge in [0.05, 0.1) is 24.4 Å². The van der Waals surface area contributed by atoms with E-state index in [0.29, 0.717) is 12.1 Å². The van der Waals surface area contributed by atoms with Gasteiger partial charge >= 0.3 is 0 Å². The zero-order valence-electron chi connectivity index (χ0n) is 14.3. The van der Waals surface area contributed by atoms with E-state index in [1.165, 1.54) is 12.5 Å². The number of carbonyl (C=O) groups excluding carboxylic acids is 2. The first-order chi connectivity index (χ1) is 12.1. The van der Waals surface area contributed by atoms with E-state index in [2.05, 4.69) is 15.5 Å². The van der Waals surface area contributed by atoms with E-state index < -0.39 is 0 Å². The van der Waals surface area contributed by atoms with E-state index in [0.717, 1.165) is 37.5 Å². The Morgan fingerprint density at radius 2 is 2.00 bits per heavy atom. The first-order valence-electron chi connectivity index (χ1n) is 8.51. The minimum Gasteiger partial charge on any atom is -0.472 e. The first kappa shape index (κ1) is 17.3. The van der Waals surface area contributed by atoms with Crippen molar-refractivity contribution in [2.24, 2.45) is 0 Å². The molecule has 1 atom stereocenters. The summed E-state index contributed by atoms with van der Waals surface area (Å²) in [7, 11) is 0. The van der Waals surface area contributed by atoms with Gasteiger partial charge in [-0.05, 0) is 51.1 Å². The molecule has 2 amide bonds. The molecule has 2 aromatic heterocycles. The second-order valence-electron chi connectivity index (χ2n) is 6.21. The highest BCUT2D eigenvalue weighted by Gasteiger charge is 2.26. The molecular weight excluding hydrogens is 322 g/mol. The normalized spacial score (nSPS) is 15.9. The second-order valence-corrected chi connectivity index (χ2v) is 6.21. The van der Waals surface area contributed by atoms with Gasteiger partial charge in [0.2, 0.25) is 5.91 Å². The van der Waals surface area contributed by atoms with Crippen LogP contribution >= 0.6 is 0 Å². The Morgan fingerprint density at radius 3 is 2.64 bits per heavy atom. The quantitative estimate of drug-likeness (QED) is 0.800. The Kier molecular flexibility index (Phi) is 5.55. The average molecular weight is 345 g/mol. The zero-order chi connectivity index (χ0) is 17.6. The van der Waals surface area contributed by atoms with Crippen molar-refractivity contribution in [1.82, 2.24) is 15.5 Å². The average Bonchev–Trinajstić information content (AvgIpc) is 3.35. The van der Waals surface area contributed by atoms with Crippen molar-refractivity contribution in [1.29, 1.82) is 0 Å². The van der Waals surface area contributed by atoms with Crippen LogP contribution in [0.15, 0.2) is 39.6 Å². The fraction of sp³-hybridized carbons (Fsp3) is 0.444. The molecule has 2 N–H and O–H groups in total. The lowest BCUT2D eigenvalue weighted by molar-refractivity contribution is -0.120. The molecule has 1 fully saturated rings. The minimum atomic E-state index is -0.332. The molecule has 3 rings (SSSR count). The molecule has 25 heavy (non-hydrogen) atoms. The molecule has 3 heterocycles. The Labute approximate surface area is 146 Å². The van der Waals surface area contributed by atoms with Gasteiger partial charge in [0.1, 0.15) is 17.8 Å². The molecule has 134 valence electrons. The van der Waals surface area contributed by atoms with E-state index >= 15 is 0 Å². The van der Waals surface area contributed by atoms with E-state index in [9.17, 15) is 9.59 Å². The summed E-state index contributed by atoms with van der Waals surface area (Å²) in [5.41, 5.74) is 0.397. The highest BCUT2D eigenvalue weighted by molar-refractivity contribution is 5.96. The maximum atomic E-state index is 12.1. The summed E-state index contributed by atoms with van der Waals surface area (Å²) in [5, 5.41) is 5.46. The SMILES string of the molecule is Cc1ccc([C@H](CNC(=O)CNC(=O)c2ccoc2)N2CCCC2)o1. The molecule has 2 aromatic rings. The van der Waals surface area contributed by atoms with Crippen molar-refractivity contribution in [2.45, 2.75) is 25.8 Å². The topological polar surface area (TPSA) is 87.7 Å². The zero-order valence-corrected chi connectivity index (χ0v) is 14.3. The van der Waals surface area contributed by atoms with Crippen LogP contribution in [0.1, 0.15) is 40.8 Å². The molecule has 0 bridgehead atoms. The summed E-state index contributed by atoms with van der Waals surface area (Å²) < 4.78 is 10.6. The number of furan rings is 2. The van der Waals surface area contributed by atoms with Crippen LogP contribution in [0.5, 0.6) is 0 Å². The van der Waals surface area contributed by atoms with Crippen LogP contribution in [-0.4, -0.2) is 42.9 Å². The van der Waals surface area contributed by atoms with Crippen molar-refractivity contribution in [3.05, 3.63) is 47.8 Å². The second kappa shape index (κ2) is 8.02. The molecule has 0 spiro atoms. The van der Waals surface area contributed by atoms with Gasteiger partial charge in [-0.3, -0.25) is 14.5 Å². The van der Waals surface area contributed by atoms with Crippen LogP contribution in [0.25, 0.3) is 0 Å². The van der Waals surface area contributed by atoms with E-state index in [1.54, 1.807) is 6.07 Å². The fourth-order valence-electron chi connectivity index (χ4n) is 3.02. The monoisotopic (exact) mass is 345 g/mol. The van der Waals surface area contributed by atoms with Gasteiger partial charge in [0.25, 0.3) is 5.91 Å². The molecule has 0 unspecified atom stereocenters. The van der Waals surface area contributed by atoms with E-state index in [-0.39, 0.29) is 24.4 Å². The molecule has 7 heteroatoms. The number of hydrogen-bond donors (Lipinski definition) is 2. The summed E-state index contributed by atoms with van der Waals surface area (Å²) in [4.78, 5) is 26.2. The van der Waals surface area contributed by atoms with Crippen LogP contribution in [0.2, 0.25) is 0 Å². The van der Waals surface area contributed by atoms with Gasteiger partial charge < -0.3 is 19.5 Å². The Balaban J connectivity index is 1.51. The maximum absolute atomic E-state index is 12.1. The summed E-state index contributed by atoms with van der Waals surface area (Å²) in [6.45, 7) is 4.28. The van der Waals surface area contributed by atoms with Crippen molar-refractivity contribution in [3.8, 4) is 0 Å². The summed E-state index contributed by atoms with van der Waals surface area (Å²) in [5.74, 6) is 1.16. The Hall–Kier alpha value is -2.54. The van der Waals surface area contributed by atoms with Crippen LogP contribution in [0, 0.1) is 6.92 Å². The minimum absolute atomic E-state index is 0.0183. The summed E-state index contributed by atoms with van der Waals surface area (Å²) >= 11 is 0. The van der Waals surface area contributed by atoms with Gasteiger partial charge in [-0.1, -0.05) is 0 Å². The predicted molar refractivity (Wildman–Crippen MR) is 91.0 cm³/mol. The third-order valence-electron chi connectivity index (χ3n) is 4.36. The molecule has 0 aromatic carbocycles. The lowest BCUT2D eigenvalue weighted by atomic mass is 10.2. The lowest BCUT2D eigenvalue weighted by Crippen LogP contribution is -2.41. The van der Waals surface area contributed by atoms with Crippen LogP contribution in [0.4, 0.5) is 0 Å². The summed E-state index contributed by atoms with van der Waals surface area (Å²) in [6.07, 6.45) is 5.08. The van der Waals surface area contributed by atoms with Crippen LogP contribution < -0.4 is 10.6 Å². The third-order valence-corrected chi connectivity index (χ3v) is 4.36. The summed E-state index contributed by atoms with van der Waals surface area (Å²) in [6, 6.07) is 5.47. The van der Waals surface area contributed by atoms with Gasteiger partial charge in [0, 0.05) is 6.54 Å². The molecule has 1 aliphatic rings. The number of aryl methyl sites for hydroxylation is 1. The highest BCUT2D eigenvalue weighted by atomic mass is 16.3. The van der Waals surface area contributed by atoms with Gasteiger partial charge in [-0.25, -0.2) is 0 Å². The van der Waals surface area contributed by atoms with Gasteiger partial charge in [-0.2, -0.15) is 0 Å². The van der Waals surface area contributed by atoms with Crippen molar-refractivity contribution in [2.75, 3.05) is 26.2 Å². The van der Waals surface area contributed by atoms with E-state index in [4.69, 9.17) is 8.83 Å². The van der Waals surface area contributed by atoms with Crippen LogP contribution in [0.3, 0.4) is 0 Å². The lowest BCUT2D eigenvalue weighted by Gasteiger charge is -2.26. The molecule has 0 aliphatic carbocycles. The number of hydrogen-bond acceptors (Lipinski definition) is 5. The predicted octanol–water partition coefficient (Wildman–Crippen LogP) is 1.86. The molecular formula is C18H23N3O4. The highest BCUT2D eigenvalue weighted by Crippen LogP contribution is 2.26. The Morgan fingerprint density at radius 1 is 1.20 bits per heavy atom. The molecule has 0 saturated carbocycles. The molecule has 0 radical (unpaired) electrons. The number of carbonyl (C=O) groups is 2. The Bertz CT molecular complexity index is 702. The number of nitrogens with zero attached hydrogens (tertiary/aromatic N) is 1. The number of likely N-dealkylation sites (tertiary alicyclic amines) is 1. The van der Waals surface area contributed by atoms with Crippen molar-refractivity contribution >= 4 is 11.8 Å². The number of rotatable bonds is 7. The van der Waals surface area contributed by atoms with Crippen molar-refractivity contribution in [3.63, 3.8) is 0 Å². The van der Waals surface area contributed by atoms with Crippen LogP contribution in [-0.2, 0) is 4.79 Å². The maximum Gasteiger partial charge on any atom is 0.254 e. The standard InChI is InChI=1S/C18H23N3O4/c1-13-4-5-16(25-13)15(21-7-2-3-8-21)10-19-17(22)11-20-18(23)14-6-9-24-12-14/h4-6,9,12,15H,2-3,7-8,10-11H2,1H3,(H,19,22)(H,20,23)/t15-/m0/s1. The van der Waals surface area contributed by atoms with Gasteiger partial charge in [0.15, 0.2) is 0 Å². The third kappa shape index (κ3) is 4.51. The molecule has 1 saturated heterocycles. The molecule has 7 nitrogen and oxygen atoms in total. The number of amides is 2. The first-order valence-corrected chi connectivity index (χ1v) is 8.51. The van der Waals surface area contributed by atoms with Gasteiger partial charge in [-0.15, -0.1) is 0 Å². The van der Waals surface area contributed by atoms with E-state index in [1.807, 2.05) is 19.1 Å². The fourth-order valence-corrected chi connectivity index (χ4v) is 3.02. The molecule has 1 aliphatic heterocycles. The van der Waals surface area contributed by atoms with Crippen molar-refractivity contribution < 1.29 is 18.4 Å². The number of nitrogens with one attached hydrogen (secondary N) is 2. The largest absolute Gasteiger partial charge is 0.472 e.